The summed E-state index contributed by atoms with van der Waals surface area (Å²) >= 11 is 0. The van der Waals surface area contributed by atoms with Gasteiger partial charge in [-0.15, -0.1) is 0 Å². The van der Waals surface area contributed by atoms with Crippen LogP contribution in [0, 0.1) is 0 Å². The van der Waals surface area contributed by atoms with E-state index in [9.17, 15) is 4.79 Å². The van der Waals surface area contributed by atoms with Crippen LogP contribution in [0.25, 0.3) is 22.0 Å². The Kier molecular flexibility index (Phi) is 5.62. The molecule has 1 aromatic carbocycles. The van der Waals surface area contributed by atoms with Gasteiger partial charge in [0, 0.05) is 54.4 Å². The summed E-state index contributed by atoms with van der Waals surface area (Å²) in [6.07, 6.45) is 7.01. The SMILES string of the molecule is CN1CCC(Oc2cc(NC(=O)c3n[nH]c4ccc(-c5cncc(N)c5)cc34)ccn2)CC1. The monoisotopic (exact) mass is 443 g/mol. The fourth-order valence-corrected chi connectivity index (χ4v) is 4.00. The number of nitrogens with zero attached hydrogens (tertiary/aromatic N) is 4. The van der Waals surface area contributed by atoms with Gasteiger partial charge in [-0.1, -0.05) is 6.07 Å². The van der Waals surface area contributed by atoms with Crippen LogP contribution in [-0.4, -0.2) is 57.2 Å². The van der Waals surface area contributed by atoms with Crippen LogP contribution >= 0.6 is 0 Å². The number of hydrogen-bond donors (Lipinski definition) is 3. The van der Waals surface area contributed by atoms with E-state index in [0.29, 0.717) is 28.3 Å². The largest absolute Gasteiger partial charge is 0.474 e. The molecule has 0 atom stereocenters. The highest BCUT2D eigenvalue weighted by Gasteiger charge is 2.19. The number of nitrogen functional groups attached to an aromatic ring is 1. The fraction of sp³-hybridized carbons (Fsp3) is 0.250. The highest BCUT2D eigenvalue weighted by Crippen LogP contribution is 2.27. The van der Waals surface area contributed by atoms with E-state index in [0.717, 1.165) is 42.6 Å². The number of nitrogens with one attached hydrogen (secondary N) is 2. The van der Waals surface area contributed by atoms with E-state index < -0.39 is 0 Å². The molecule has 0 radical (unpaired) electrons. The quantitative estimate of drug-likeness (QED) is 0.432. The smallest absolute Gasteiger partial charge is 0.276 e. The number of aromatic nitrogens is 4. The Morgan fingerprint density at radius 3 is 2.82 bits per heavy atom. The summed E-state index contributed by atoms with van der Waals surface area (Å²) in [5, 5.41) is 10.8. The second-order valence-electron chi connectivity index (χ2n) is 8.30. The minimum atomic E-state index is -0.319. The maximum atomic E-state index is 13.0. The van der Waals surface area contributed by atoms with Gasteiger partial charge in [-0.25, -0.2) is 4.98 Å². The standard InChI is InChI=1S/C24H25N7O2/c1-31-8-5-19(6-9-31)33-22-12-18(4-7-27-22)28-24(32)23-20-11-15(2-3-21(20)29-30-23)16-10-17(25)14-26-13-16/h2-4,7,10-14,19H,5-6,8-9,25H2,1H3,(H,29,30)(H,27,28,32). The van der Waals surface area contributed by atoms with Crippen molar-refractivity contribution in [3.05, 3.63) is 60.7 Å². The predicted octanol–water partition coefficient (Wildman–Crippen LogP) is 3.33. The highest BCUT2D eigenvalue weighted by atomic mass is 16.5. The molecule has 4 heterocycles. The Bertz CT molecular complexity index is 1290. The third-order valence-corrected chi connectivity index (χ3v) is 5.82. The van der Waals surface area contributed by atoms with Crippen molar-refractivity contribution in [1.82, 2.24) is 25.1 Å². The van der Waals surface area contributed by atoms with Gasteiger partial charge >= 0.3 is 0 Å². The van der Waals surface area contributed by atoms with Gasteiger partial charge in [0.2, 0.25) is 5.88 Å². The van der Waals surface area contributed by atoms with Crippen LogP contribution in [0.5, 0.6) is 5.88 Å². The molecule has 1 aliphatic rings. The fourth-order valence-electron chi connectivity index (χ4n) is 4.00. The number of ether oxygens (including phenoxy) is 1. The normalized spacial score (nSPS) is 14.9. The van der Waals surface area contributed by atoms with Gasteiger partial charge in [0.15, 0.2) is 5.69 Å². The molecule has 168 valence electrons. The Hall–Kier alpha value is -3.98. The van der Waals surface area contributed by atoms with Crippen LogP contribution in [0.3, 0.4) is 0 Å². The first kappa shape index (κ1) is 20.9. The summed E-state index contributed by atoms with van der Waals surface area (Å²) in [5.74, 6) is 0.186. The number of carbonyl (C=O) groups excluding carboxylic acids is 1. The first-order chi connectivity index (χ1) is 16.0. The average Bonchev–Trinajstić information content (AvgIpc) is 3.24. The first-order valence-electron chi connectivity index (χ1n) is 10.9. The number of piperidine rings is 1. The zero-order valence-electron chi connectivity index (χ0n) is 18.3. The van der Waals surface area contributed by atoms with Crippen molar-refractivity contribution in [2.75, 3.05) is 31.2 Å². The lowest BCUT2D eigenvalue weighted by Gasteiger charge is -2.28. The van der Waals surface area contributed by atoms with Crippen LogP contribution in [0.2, 0.25) is 0 Å². The van der Waals surface area contributed by atoms with Crippen molar-refractivity contribution in [3.8, 4) is 17.0 Å². The van der Waals surface area contributed by atoms with Crippen molar-refractivity contribution in [2.45, 2.75) is 18.9 Å². The molecule has 0 saturated carbocycles. The van der Waals surface area contributed by atoms with Crippen molar-refractivity contribution >= 4 is 28.2 Å². The van der Waals surface area contributed by atoms with Crippen LogP contribution in [0.4, 0.5) is 11.4 Å². The Balaban J connectivity index is 1.34. The number of benzene rings is 1. The minimum Gasteiger partial charge on any atom is -0.474 e. The molecule has 3 aromatic heterocycles. The average molecular weight is 444 g/mol. The molecule has 1 amide bonds. The van der Waals surface area contributed by atoms with Gasteiger partial charge in [-0.2, -0.15) is 5.10 Å². The number of pyridine rings is 2. The third kappa shape index (κ3) is 4.63. The molecule has 33 heavy (non-hydrogen) atoms. The number of nitrogens with two attached hydrogens (primary N) is 1. The first-order valence-corrected chi connectivity index (χ1v) is 10.9. The predicted molar refractivity (Wildman–Crippen MR) is 127 cm³/mol. The lowest BCUT2D eigenvalue weighted by atomic mass is 10.0. The van der Waals surface area contributed by atoms with Crippen LogP contribution < -0.4 is 15.8 Å². The highest BCUT2D eigenvalue weighted by molar-refractivity contribution is 6.11. The molecule has 1 saturated heterocycles. The van der Waals surface area contributed by atoms with E-state index in [-0.39, 0.29) is 12.0 Å². The van der Waals surface area contributed by atoms with Crippen molar-refractivity contribution in [3.63, 3.8) is 0 Å². The zero-order valence-corrected chi connectivity index (χ0v) is 18.3. The maximum Gasteiger partial charge on any atom is 0.276 e. The summed E-state index contributed by atoms with van der Waals surface area (Å²) in [4.78, 5) is 23.8. The number of aromatic amines is 1. The van der Waals surface area contributed by atoms with Gasteiger partial charge in [-0.05, 0) is 49.7 Å². The Labute approximate surface area is 191 Å². The number of amides is 1. The van der Waals surface area contributed by atoms with E-state index in [4.69, 9.17) is 10.5 Å². The zero-order chi connectivity index (χ0) is 22.8. The number of hydrogen-bond acceptors (Lipinski definition) is 7. The van der Waals surface area contributed by atoms with Crippen LogP contribution in [-0.2, 0) is 0 Å². The second kappa shape index (κ2) is 8.87. The van der Waals surface area contributed by atoms with Crippen molar-refractivity contribution < 1.29 is 9.53 Å². The van der Waals surface area contributed by atoms with Crippen molar-refractivity contribution in [1.29, 1.82) is 0 Å². The van der Waals surface area contributed by atoms with Gasteiger partial charge in [0.05, 0.1) is 11.2 Å². The number of anilines is 2. The van der Waals surface area contributed by atoms with Gasteiger partial charge in [0.1, 0.15) is 6.10 Å². The lowest BCUT2D eigenvalue weighted by Crippen LogP contribution is -2.35. The third-order valence-electron chi connectivity index (χ3n) is 5.82. The number of rotatable bonds is 5. The summed E-state index contributed by atoms with van der Waals surface area (Å²) in [7, 11) is 2.11. The lowest BCUT2D eigenvalue weighted by molar-refractivity contribution is 0.102. The van der Waals surface area contributed by atoms with E-state index in [1.54, 1.807) is 30.7 Å². The molecular weight excluding hydrogens is 418 g/mol. The van der Waals surface area contributed by atoms with Gasteiger partial charge < -0.3 is 20.7 Å². The van der Waals surface area contributed by atoms with Gasteiger partial charge in [0.25, 0.3) is 5.91 Å². The van der Waals surface area contributed by atoms with E-state index in [1.165, 1.54) is 0 Å². The molecule has 4 N–H and O–H groups in total. The molecule has 9 nitrogen and oxygen atoms in total. The van der Waals surface area contributed by atoms with Crippen LogP contribution in [0.1, 0.15) is 23.3 Å². The number of carbonyl (C=O) groups is 1. The Morgan fingerprint density at radius 2 is 2.00 bits per heavy atom. The van der Waals surface area contributed by atoms with Crippen molar-refractivity contribution in [2.24, 2.45) is 0 Å². The summed E-state index contributed by atoms with van der Waals surface area (Å²) in [6, 6.07) is 11.1. The molecule has 0 bridgehead atoms. The molecule has 9 heteroatoms. The summed E-state index contributed by atoms with van der Waals surface area (Å²) in [6.45, 7) is 2.00. The molecule has 1 fully saturated rings. The van der Waals surface area contributed by atoms with E-state index >= 15 is 0 Å². The summed E-state index contributed by atoms with van der Waals surface area (Å²) < 4.78 is 6.03. The second-order valence-corrected chi connectivity index (χ2v) is 8.30. The Morgan fingerprint density at radius 1 is 1.15 bits per heavy atom. The van der Waals surface area contributed by atoms with E-state index in [2.05, 4.69) is 37.4 Å². The van der Waals surface area contributed by atoms with Gasteiger partial charge in [-0.3, -0.25) is 14.9 Å². The summed E-state index contributed by atoms with van der Waals surface area (Å²) in [5.41, 5.74) is 9.88. The molecule has 0 spiro atoms. The molecule has 5 rings (SSSR count). The number of fused-ring (bicyclic) bond motifs is 1. The molecule has 0 aliphatic carbocycles. The van der Waals surface area contributed by atoms with E-state index in [1.807, 2.05) is 24.3 Å². The molecular formula is C24H25N7O2. The van der Waals surface area contributed by atoms with Crippen LogP contribution in [0.15, 0.2) is 55.0 Å². The molecule has 1 aliphatic heterocycles. The maximum absolute atomic E-state index is 13.0. The molecule has 0 unspecified atom stereocenters. The minimum absolute atomic E-state index is 0.134. The topological polar surface area (TPSA) is 122 Å². The molecule has 4 aromatic rings. The number of likely N-dealkylation sites (tertiary alicyclic amines) is 1. The number of H-pyrrole nitrogens is 1.